The second kappa shape index (κ2) is 6.53. The van der Waals surface area contributed by atoms with Crippen LogP contribution >= 0.6 is 11.3 Å². The number of hydrogen-bond donors (Lipinski definition) is 1. The van der Waals surface area contributed by atoms with Gasteiger partial charge in [0.1, 0.15) is 5.01 Å². The SMILES string of the molecule is CCc1cc(C(=O)OC(c2nc(C)cs2)C(F)(F)F)cc(=O)[nH]1. The minimum atomic E-state index is -4.80. The Morgan fingerprint density at radius 1 is 1.43 bits per heavy atom. The minimum Gasteiger partial charge on any atom is -0.442 e. The van der Waals surface area contributed by atoms with Gasteiger partial charge in [0.25, 0.3) is 0 Å². The number of alkyl halides is 3. The van der Waals surface area contributed by atoms with Crippen LogP contribution in [0.1, 0.15) is 39.8 Å². The van der Waals surface area contributed by atoms with Crippen LogP contribution in [-0.4, -0.2) is 22.1 Å². The molecule has 2 heterocycles. The standard InChI is InChI=1S/C14H13F3N2O3S/c1-3-9-4-8(5-10(20)19-9)13(21)22-11(14(15,16)17)12-18-7(2)6-23-12/h4-6,11H,3H2,1-2H3,(H,19,20). The molecule has 0 saturated heterocycles. The van der Waals surface area contributed by atoms with Crippen LogP contribution in [0.3, 0.4) is 0 Å². The number of aromatic nitrogens is 2. The van der Waals surface area contributed by atoms with E-state index in [4.69, 9.17) is 0 Å². The summed E-state index contributed by atoms with van der Waals surface area (Å²) in [6.45, 7) is 3.27. The van der Waals surface area contributed by atoms with Gasteiger partial charge in [0.2, 0.25) is 11.7 Å². The van der Waals surface area contributed by atoms with Crippen molar-refractivity contribution in [3.8, 4) is 0 Å². The highest BCUT2D eigenvalue weighted by molar-refractivity contribution is 7.09. The van der Waals surface area contributed by atoms with Crippen molar-refractivity contribution < 1.29 is 22.7 Å². The van der Waals surface area contributed by atoms with Gasteiger partial charge < -0.3 is 9.72 Å². The number of rotatable bonds is 4. The lowest BCUT2D eigenvalue weighted by Crippen LogP contribution is -2.27. The van der Waals surface area contributed by atoms with E-state index in [-0.39, 0.29) is 10.6 Å². The molecular weight excluding hydrogens is 333 g/mol. The Kier molecular flexibility index (Phi) is 4.88. The van der Waals surface area contributed by atoms with Crippen molar-refractivity contribution in [2.75, 3.05) is 0 Å². The molecule has 2 rings (SSSR count). The van der Waals surface area contributed by atoms with Crippen molar-refractivity contribution >= 4 is 17.3 Å². The number of thiazole rings is 1. The molecule has 0 bridgehead atoms. The molecule has 5 nitrogen and oxygen atoms in total. The van der Waals surface area contributed by atoms with Crippen molar-refractivity contribution in [2.45, 2.75) is 32.5 Å². The highest BCUT2D eigenvalue weighted by atomic mass is 32.1. The second-order valence-corrected chi connectivity index (χ2v) is 5.66. The number of nitrogens with zero attached hydrogens (tertiary/aromatic N) is 1. The summed E-state index contributed by atoms with van der Waals surface area (Å²) in [7, 11) is 0. The van der Waals surface area contributed by atoms with Gasteiger partial charge in [-0.25, -0.2) is 9.78 Å². The second-order valence-electron chi connectivity index (χ2n) is 4.77. The largest absolute Gasteiger partial charge is 0.442 e. The van der Waals surface area contributed by atoms with Crippen LogP contribution < -0.4 is 5.56 Å². The highest BCUT2D eigenvalue weighted by Crippen LogP contribution is 2.37. The van der Waals surface area contributed by atoms with Crippen molar-refractivity contribution in [1.29, 1.82) is 0 Å². The van der Waals surface area contributed by atoms with Crippen LogP contribution in [-0.2, 0) is 11.2 Å². The predicted molar refractivity (Wildman–Crippen MR) is 77.5 cm³/mol. The summed E-state index contributed by atoms with van der Waals surface area (Å²) in [5.41, 5.74) is 0.0240. The Labute approximate surface area is 133 Å². The van der Waals surface area contributed by atoms with Crippen molar-refractivity contribution in [1.82, 2.24) is 9.97 Å². The molecule has 0 aliphatic heterocycles. The summed E-state index contributed by atoms with van der Waals surface area (Å²) in [6.07, 6.45) is -6.84. The van der Waals surface area contributed by atoms with Gasteiger partial charge in [-0.3, -0.25) is 4.79 Å². The number of carbonyl (C=O) groups is 1. The summed E-state index contributed by atoms with van der Waals surface area (Å²) in [4.78, 5) is 29.6. The predicted octanol–water partition coefficient (Wildman–Crippen LogP) is 3.16. The lowest BCUT2D eigenvalue weighted by molar-refractivity contribution is -0.207. The molecule has 124 valence electrons. The zero-order chi connectivity index (χ0) is 17.2. The topological polar surface area (TPSA) is 72.0 Å². The quantitative estimate of drug-likeness (QED) is 0.863. The van der Waals surface area contributed by atoms with Crippen molar-refractivity contribution in [2.24, 2.45) is 0 Å². The van der Waals surface area contributed by atoms with E-state index < -0.39 is 23.8 Å². The number of nitrogens with one attached hydrogen (secondary N) is 1. The van der Waals surface area contributed by atoms with E-state index in [1.807, 2.05) is 0 Å². The first kappa shape index (κ1) is 17.2. The number of halogens is 3. The van der Waals surface area contributed by atoms with Gasteiger partial charge in [-0.05, 0) is 19.4 Å². The Morgan fingerprint density at radius 2 is 2.13 bits per heavy atom. The number of carbonyl (C=O) groups excluding carboxylic acids is 1. The molecule has 2 aromatic rings. The fourth-order valence-electron chi connectivity index (χ4n) is 1.83. The molecule has 0 spiro atoms. The van der Waals surface area contributed by atoms with Gasteiger partial charge in [-0.2, -0.15) is 13.2 Å². The van der Waals surface area contributed by atoms with E-state index in [0.29, 0.717) is 17.8 Å². The fraction of sp³-hybridized carbons (Fsp3) is 0.357. The summed E-state index contributed by atoms with van der Waals surface area (Å²) >= 11 is 0.756. The number of aromatic amines is 1. The maximum absolute atomic E-state index is 13.1. The van der Waals surface area contributed by atoms with Crippen LogP contribution in [0.4, 0.5) is 13.2 Å². The summed E-state index contributed by atoms with van der Waals surface area (Å²) in [6, 6.07) is 2.20. The number of pyridine rings is 1. The van der Waals surface area contributed by atoms with E-state index >= 15 is 0 Å². The maximum atomic E-state index is 13.1. The van der Waals surface area contributed by atoms with Gasteiger partial charge in [0.15, 0.2) is 0 Å². The molecule has 0 aliphatic rings. The smallest absolute Gasteiger partial charge is 0.432 e. The van der Waals surface area contributed by atoms with Crippen molar-refractivity contribution in [3.05, 3.63) is 49.8 Å². The van der Waals surface area contributed by atoms with Crippen LogP contribution in [0, 0.1) is 6.92 Å². The maximum Gasteiger partial charge on any atom is 0.432 e. The molecule has 1 N–H and O–H groups in total. The average Bonchev–Trinajstić information content (AvgIpc) is 2.88. The third-order valence-electron chi connectivity index (χ3n) is 2.90. The molecule has 1 atom stereocenters. The number of esters is 1. The number of hydrogen-bond acceptors (Lipinski definition) is 5. The van der Waals surface area contributed by atoms with Gasteiger partial charge >= 0.3 is 12.1 Å². The lowest BCUT2D eigenvalue weighted by atomic mass is 10.2. The summed E-state index contributed by atoms with van der Waals surface area (Å²) < 4.78 is 44.0. The number of H-pyrrole nitrogens is 1. The normalized spacial score (nSPS) is 12.9. The first-order valence-electron chi connectivity index (χ1n) is 6.63. The van der Waals surface area contributed by atoms with Crippen LogP contribution in [0.2, 0.25) is 0 Å². The zero-order valence-electron chi connectivity index (χ0n) is 12.2. The van der Waals surface area contributed by atoms with E-state index in [9.17, 15) is 22.8 Å². The lowest BCUT2D eigenvalue weighted by Gasteiger charge is -2.18. The molecule has 0 aromatic carbocycles. The molecule has 9 heteroatoms. The Hall–Kier alpha value is -2.16. The summed E-state index contributed by atoms with van der Waals surface area (Å²) in [5.74, 6) is -1.22. The third-order valence-corrected chi connectivity index (χ3v) is 3.91. The van der Waals surface area contributed by atoms with E-state index in [1.54, 1.807) is 13.8 Å². The van der Waals surface area contributed by atoms with E-state index in [0.717, 1.165) is 17.4 Å². The van der Waals surface area contributed by atoms with Crippen LogP contribution in [0.15, 0.2) is 22.3 Å². The van der Waals surface area contributed by atoms with Gasteiger partial charge in [0.05, 0.1) is 5.56 Å². The molecule has 0 saturated carbocycles. The molecule has 2 aromatic heterocycles. The highest BCUT2D eigenvalue weighted by Gasteiger charge is 2.46. The zero-order valence-corrected chi connectivity index (χ0v) is 13.0. The Bertz CT molecular complexity index is 767. The van der Waals surface area contributed by atoms with Crippen molar-refractivity contribution in [3.63, 3.8) is 0 Å². The number of aryl methyl sites for hydroxylation is 2. The molecule has 0 radical (unpaired) electrons. The molecule has 23 heavy (non-hydrogen) atoms. The minimum absolute atomic E-state index is 0.229. The molecule has 1 unspecified atom stereocenters. The van der Waals surface area contributed by atoms with Crippen LogP contribution in [0.5, 0.6) is 0 Å². The Balaban J connectivity index is 2.31. The molecule has 0 fully saturated rings. The monoisotopic (exact) mass is 346 g/mol. The number of ether oxygens (including phenoxy) is 1. The van der Waals surface area contributed by atoms with E-state index in [1.165, 1.54) is 11.4 Å². The first-order chi connectivity index (χ1) is 10.7. The third kappa shape index (κ3) is 4.19. The summed E-state index contributed by atoms with van der Waals surface area (Å²) in [5, 5.41) is 1.08. The molecule has 0 aliphatic carbocycles. The van der Waals surface area contributed by atoms with E-state index in [2.05, 4.69) is 14.7 Å². The van der Waals surface area contributed by atoms with Gasteiger partial charge in [-0.15, -0.1) is 11.3 Å². The first-order valence-corrected chi connectivity index (χ1v) is 7.51. The Morgan fingerprint density at radius 3 is 2.65 bits per heavy atom. The van der Waals surface area contributed by atoms with Gasteiger partial charge in [0, 0.05) is 22.8 Å². The molecule has 0 amide bonds. The van der Waals surface area contributed by atoms with Crippen LogP contribution in [0.25, 0.3) is 0 Å². The van der Waals surface area contributed by atoms with Gasteiger partial charge in [-0.1, -0.05) is 6.92 Å². The fourth-order valence-corrected chi connectivity index (χ4v) is 2.68. The molecular formula is C14H13F3N2O3S. The average molecular weight is 346 g/mol.